The number of carbonyl (C=O) groups excluding carboxylic acids is 1. The third kappa shape index (κ3) is 2.34. The average Bonchev–Trinajstić information content (AvgIpc) is 2.72. The van der Waals surface area contributed by atoms with Crippen LogP contribution in [0, 0.1) is 18.3 Å². The summed E-state index contributed by atoms with van der Waals surface area (Å²) in [6.07, 6.45) is 3.98. The Labute approximate surface area is 101 Å². The van der Waals surface area contributed by atoms with Crippen LogP contribution in [-0.4, -0.2) is 10.8 Å². The molecule has 0 N–H and O–H groups in total. The molecule has 2 nitrogen and oxygen atoms in total. The highest BCUT2D eigenvalue weighted by Gasteiger charge is 2.38. The van der Waals surface area contributed by atoms with Crippen LogP contribution in [-0.2, 0) is 11.2 Å². The molecule has 1 aromatic rings. The van der Waals surface area contributed by atoms with Gasteiger partial charge in [-0.3, -0.25) is 4.79 Å². The molecule has 2 rings (SSSR count). The smallest absolute Gasteiger partial charge is 0.143 e. The number of aryl methyl sites for hydroxylation is 1. The monoisotopic (exact) mass is 237 g/mol. The van der Waals surface area contributed by atoms with Gasteiger partial charge in [-0.05, 0) is 25.2 Å². The van der Waals surface area contributed by atoms with Crippen LogP contribution in [0.25, 0.3) is 0 Å². The summed E-state index contributed by atoms with van der Waals surface area (Å²) in [5.41, 5.74) is 1.22. The van der Waals surface area contributed by atoms with Gasteiger partial charge in [-0.2, -0.15) is 0 Å². The van der Waals surface area contributed by atoms with E-state index >= 15 is 0 Å². The molecular formula is C13H19NOS. The Hall–Kier alpha value is -0.700. The van der Waals surface area contributed by atoms with E-state index in [0.29, 0.717) is 12.2 Å². The van der Waals surface area contributed by atoms with Gasteiger partial charge in [0.25, 0.3) is 0 Å². The van der Waals surface area contributed by atoms with Gasteiger partial charge in [0.1, 0.15) is 10.8 Å². The molecule has 1 atom stereocenters. The molecule has 1 aliphatic carbocycles. The molecule has 0 spiro atoms. The van der Waals surface area contributed by atoms with E-state index in [1.54, 1.807) is 11.3 Å². The molecule has 1 heterocycles. The first kappa shape index (κ1) is 11.8. The third-order valence-electron chi connectivity index (χ3n) is 3.64. The van der Waals surface area contributed by atoms with Crippen LogP contribution in [0.3, 0.4) is 0 Å². The number of rotatable bonds is 3. The second-order valence-electron chi connectivity index (χ2n) is 5.46. The molecule has 16 heavy (non-hydrogen) atoms. The van der Waals surface area contributed by atoms with Crippen LogP contribution in [0.15, 0.2) is 5.38 Å². The molecule has 0 amide bonds. The zero-order chi connectivity index (χ0) is 11.8. The molecule has 1 fully saturated rings. The fourth-order valence-electron chi connectivity index (χ4n) is 2.68. The fraction of sp³-hybridized carbons (Fsp3) is 0.692. The zero-order valence-corrected chi connectivity index (χ0v) is 11.1. The molecular weight excluding hydrogens is 218 g/mol. The fourth-order valence-corrected chi connectivity index (χ4v) is 3.46. The van der Waals surface area contributed by atoms with E-state index in [9.17, 15) is 4.79 Å². The van der Waals surface area contributed by atoms with Gasteiger partial charge in [0.15, 0.2) is 0 Å². The van der Waals surface area contributed by atoms with Gasteiger partial charge in [0.2, 0.25) is 0 Å². The maximum absolute atomic E-state index is 12.2. The van der Waals surface area contributed by atoms with Crippen LogP contribution in [0.2, 0.25) is 0 Å². The number of aromatic nitrogens is 1. The van der Waals surface area contributed by atoms with Gasteiger partial charge in [-0.15, -0.1) is 11.3 Å². The van der Waals surface area contributed by atoms with Gasteiger partial charge in [0.05, 0.1) is 6.42 Å². The van der Waals surface area contributed by atoms with E-state index in [0.717, 1.165) is 17.1 Å². The Bertz CT molecular complexity index is 394. The van der Waals surface area contributed by atoms with Gasteiger partial charge >= 0.3 is 0 Å². The summed E-state index contributed by atoms with van der Waals surface area (Å²) < 4.78 is 0. The summed E-state index contributed by atoms with van der Waals surface area (Å²) in [5, 5.41) is 2.99. The Morgan fingerprint density at radius 3 is 2.88 bits per heavy atom. The summed E-state index contributed by atoms with van der Waals surface area (Å²) in [7, 11) is 0. The Balaban J connectivity index is 2.03. The van der Waals surface area contributed by atoms with E-state index in [1.165, 1.54) is 12.8 Å². The van der Waals surface area contributed by atoms with E-state index in [1.807, 2.05) is 12.3 Å². The van der Waals surface area contributed by atoms with Crippen LogP contribution in [0.1, 0.15) is 43.8 Å². The van der Waals surface area contributed by atoms with Crippen molar-refractivity contribution in [2.45, 2.75) is 46.5 Å². The molecule has 0 aromatic carbocycles. The van der Waals surface area contributed by atoms with Crippen molar-refractivity contribution in [2.24, 2.45) is 11.3 Å². The van der Waals surface area contributed by atoms with Gasteiger partial charge in [0, 0.05) is 17.0 Å². The third-order valence-corrected chi connectivity index (χ3v) is 4.60. The molecule has 0 radical (unpaired) electrons. The zero-order valence-electron chi connectivity index (χ0n) is 10.2. The normalized spacial score (nSPS) is 23.6. The Morgan fingerprint density at radius 2 is 2.38 bits per heavy atom. The Kier molecular flexibility index (Phi) is 3.15. The predicted molar refractivity (Wildman–Crippen MR) is 66.7 cm³/mol. The first-order valence-corrected chi connectivity index (χ1v) is 6.81. The minimum atomic E-state index is 0.198. The number of hydrogen-bond acceptors (Lipinski definition) is 3. The van der Waals surface area contributed by atoms with E-state index in [-0.39, 0.29) is 11.3 Å². The lowest BCUT2D eigenvalue weighted by atomic mass is 9.79. The first-order chi connectivity index (χ1) is 7.49. The van der Waals surface area contributed by atoms with E-state index < -0.39 is 0 Å². The number of hydrogen-bond donors (Lipinski definition) is 0. The summed E-state index contributed by atoms with van der Waals surface area (Å²) in [5.74, 6) is 0.633. The molecule has 1 aromatic heterocycles. The largest absolute Gasteiger partial charge is 0.299 e. The number of Topliss-reactive ketones (excluding diaryl/α,β-unsaturated/α-hetero) is 1. The molecule has 1 unspecified atom stereocenters. The predicted octanol–water partition coefficient (Wildman–Crippen LogP) is 3.39. The Morgan fingerprint density at radius 1 is 1.62 bits per heavy atom. The van der Waals surface area contributed by atoms with Crippen molar-refractivity contribution in [3.05, 3.63) is 16.1 Å². The quantitative estimate of drug-likeness (QED) is 0.806. The van der Waals surface area contributed by atoms with Crippen LogP contribution in [0.4, 0.5) is 0 Å². The molecule has 88 valence electrons. The van der Waals surface area contributed by atoms with E-state index in [4.69, 9.17) is 0 Å². The molecule has 1 saturated carbocycles. The lowest BCUT2D eigenvalue weighted by molar-refractivity contribution is -0.124. The number of carbonyl (C=O) groups is 1. The summed E-state index contributed by atoms with van der Waals surface area (Å²) in [4.78, 5) is 16.6. The number of ketones is 1. The van der Waals surface area contributed by atoms with Gasteiger partial charge < -0.3 is 0 Å². The average molecular weight is 237 g/mol. The summed E-state index contributed by atoms with van der Waals surface area (Å²) in [6.45, 7) is 6.41. The topological polar surface area (TPSA) is 30.0 Å². The van der Waals surface area contributed by atoms with Gasteiger partial charge in [-0.25, -0.2) is 4.98 Å². The maximum Gasteiger partial charge on any atom is 0.143 e. The lowest BCUT2D eigenvalue weighted by Crippen LogP contribution is -2.27. The van der Waals surface area contributed by atoms with Crippen molar-refractivity contribution >= 4 is 17.1 Å². The van der Waals surface area contributed by atoms with Crippen molar-refractivity contribution in [1.29, 1.82) is 0 Å². The van der Waals surface area contributed by atoms with Crippen LogP contribution >= 0.6 is 11.3 Å². The maximum atomic E-state index is 12.2. The van der Waals surface area contributed by atoms with Crippen molar-refractivity contribution in [3.8, 4) is 0 Å². The van der Waals surface area contributed by atoms with Crippen molar-refractivity contribution in [3.63, 3.8) is 0 Å². The first-order valence-electron chi connectivity index (χ1n) is 5.93. The highest BCUT2D eigenvalue weighted by molar-refractivity contribution is 7.09. The minimum absolute atomic E-state index is 0.198. The minimum Gasteiger partial charge on any atom is -0.299 e. The second kappa shape index (κ2) is 4.28. The number of thiazole rings is 1. The lowest BCUT2D eigenvalue weighted by Gasteiger charge is -2.25. The van der Waals surface area contributed by atoms with Gasteiger partial charge in [-0.1, -0.05) is 20.3 Å². The second-order valence-corrected chi connectivity index (χ2v) is 6.40. The molecule has 0 saturated heterocycles. The van der Waals surface area contributed by atoms with Crippen molar-refractivity contribution < 1.29 is 4.79 Å². The van der Waals surface area contributed by atoms with Crippen LogP contribution < -0.4 is 0 Å². The number of nitrogens with zero attached hydrogens (tertiary/aromatic N) is 1. The highest BCUT2D eigenvalue weighted by atomic mass is 32.1. The standard InChI is InChI=1S/C13H19NOS/c1-9-8-16-12(14-9)7-11(15)10-5-4-6-13(10,2)3/h8,10H,4-7H2,1-3H3. The summed E-state index contributed by atoms with van der Waals surface area (Å²) >= 11 is 1.60. The molecule has 0 aliphatic heterocycles. The van der Waals surface area contributed by atoms with Crippen molar-refractivity contribution in [2.75, 3.05) is 0 Å². The highest BCUT2D eigenvalue weighted by Crippen LogP contribution is 2.43. The molecule has 3 heteroatoms. The van der Waals surface area contributed by atoms with Crippen LogP contribution in [0.5, 0.6) is 0 Å². The van der Waals surface area contributed by atoms with Crippen molar-refractivity contribution in [1.82, 2.24) is 4.98 Å². The molecule has 0 bridgehead atoms. The molecule has 1 aliphatic rings. The van der Waals surface area contributed by atoms with E-state index in [2.05, 4.69) is 18.8 Å². The summed E-state index contributed by atoms with van der Waals surface area (Å²) in [6, 6.07) is 0. The SMILES string of the molecule is Cc1csc(CC(=O)C2CCCC2(C)C)n1.